The number of aryl methyl sites for hydroxylation is 2. The second-order valence-corrected chi connectivity index (χ2v) is 7.23. The molecule has 28 heavy (non-hydrogen) atoms. The molecule has 2 heterocycles. The first-order chi connectivity index (χ1) is 13.4. The zero-order valence-electron chi connectivity index (χ0n) is 15.4. The van der Waals surface area contributed by atoms with Gasteiger partial charge in [-0.3, -0.25) is 19.4 Å². The van der Waals surface area contributed by atoms with Crippen LogP contribution in [-0.2, 0) is 22.4 Å². The monoisotopic (exact) mass is 383 g/mol. The number of aromatic amines is 1. The van der Waals surface area contributed by atoms with Crippen LogP contribution in [0.3, 0.4) is 0 Å². The Kier molecular flexibility index (Phi) is 4.58. The van der Waals surface area contributed by atoms with Crippen LogP contribution in [-0.4, -0.2) is 36.7 Å². The number of anilines is 1. The highest BCUT2D eigenvalue weighted by Crippen LogP contribution is 2.28. The van der Waals surface area contributed by atoms with Gasteiger partial charge in [-0.15, -0.1) is 0 Å². The van der Waals surface area contributed by atoms with Crippen LogP contribution in [0, 0.1) is 18.8 Å². The topological polar surface area (TPSA) is 130 Å². The van der Waals surface area contributed by atoms with Crippen LogP contribution < -0.4 is 10.9 Å². The standard InChI is InChI=1S/C19H21N5O4/c1-10-9-15(21-16(25)11-5-2-3-6-12(11)18(27)28)24(23-10)19-20-14-8-4-7-13(14)17(26)22-19/h2-3,9,11-12H,4-8H2,1H3,(H,21,25)(H,27,28)(H,20,22,26)/t11-,12+/m1/s1. The number of carboxylic acids is 1. The van der Waals surface area contributed by atoms with Gasteiger partial charge in [0.05, 0.1) is 23.2 Å². The first-order valence-electron chi connectivity index (χ1n) is 9.32. The lowest BCUT2D eigenvalue weighted by atomic mass is 9.82. The molecule has 0 aromatic carbocycles. The number of hydrogen-bond acceptors (Lipinski definition) is 5. The molecule has 0 radical (unpaired) electrons. The van der Waals surface area contributed by atoms with Crippen LogP contribution in [0.4, 0.5) is 5.82 Å². The van der Waals surface area contributed by atoms with Gasteiger partial charge in [0, 0.05) is 11.6 Å². The summed E-state index contributed by atoms with van der Waals surface area (Å²) in [6.07, 6.45) is 6.65. The summed E-state index contributed by atoms with van der Waals surface area (Å²) in [5, 5.41) is 16.5. The number of fused-ring (bicyclic) bond motifs is 1. The average molecular weight is 383 g/mol. The minimum atomic E-state index is -0.987. The average Bonchev–Trinajstić information content (AvgIpc) is 3.28. The maximum Gasteiger partial charge on any atom is 0.307 e. The van der Waals surface area contributed by atoms with Crippen molar-refractivity contribution in [3.8, 4) is 5.95 Å². The van der Waals surface area contributed by atoms with Gasteiger partial charge < -0.3 is 10.4 Å². The van der Waals surface area contributed by atoms with E-state index in [-0.39, 0.29) is 17.4 Å². The van der Waals surface area contributed by atoms with E-state index in [1.807, 2.05) is 6.08 Å². The minimum Gasteiger partial charge on any atom is -0.481 e. The molecule has 9 heteroatoms. The Bertz CT molecular complexity index is 1040. The summed E-state index contributed by atoms with van der Waals surface area (Å²) in [6, 6.07) is 1.67. The molecule has 0 bridgehead atoms. The van der Waals surface area contributed by atoms with E-state index in [0.29, 0.717) is 36.3 Å². The number of aromatic nitrogens is 4. The SMILES string of the molecule is Cc1cc(NC(=O)[C@@H]2CC=CC[C@@H]2C(=O)O)n(-c2nc3c(c(=O)[nH]2)CCC3)n1. The van der Waals surface area contributed by atoms with Crippen molar-refractivity contribution in [1.82, 2.24) is 19.7 Å². The van der Waals surface area contributed by atoms with Gasteiger partial charge in [0.1, 0.15) is 5.82 Å². The van der Waals surface area contributed by atoms with E-state index in [4.69, 9.17) is 0 Å². The number of rotatable bonds is 4. The lowest BCUT2D eigenvalue weighted by Crippen LogP contribution is -2.35. The number of carboxylic acid groups (broad SMARTS) is 1. The number of nitrogens with one attached hydrogen (secondary N) is 2. The van der Waals surface area contributed by atoms with Gasteiger partial charge in [-0.05, 0) is 39.0 Å². The van der Waals surface area contributed by atoms with Crippen molar-refractivity contribution < 1.29 is 14.7 Å². The number of H-pyrrole nitrogens is 1. The molecule has 2 atom stereocenters. The Morgan fingerprint density at radius 3 is 2.75 bits per heavy atom. The fraction of sp³-hybridized carbons (Fsp3) is 0.421. The third-order valence-corrected chi connectivity index (χ3v) is 5.30. The third-order valence-electron chi connectivity index (χ3n) is 5.30. The first-order valence-corrected chi connectivity index (χ1v) is 9.32. The summed E-state index contributed by atoms with van der Waals surface area (Å²) in [4.78, 5) is 43.8. The van der Waals surface area contributed by atoms with E-state index in [9.17, 15) is 19.5 Å². The maximum atomic E-state index is 12.8. The van der Waals surface area contributed by atoms with Crippen LogP contribution in [0.15, 0.2) is 23.0 Å². The van der Waals surface area contributed by atoms with Crippen molar-refractivity contribution in [2.75, 3.05) is 5.32 Å². The van der Waals surface area contributed by atoms with Gasteiger partial charge in [-0.1, -0.05) is 12.2 Å². The minimum absolute atomic E-state index is 0.189. The molecular weight excluding hydrogens is 362 g/mol. The lowest BCUT2D eigenvalue weighted by Gasteiger charge is -2.24. The zero-order chi connectivity index (χ0) is 19.8. The molecule has 9 nitrogen and oxygen atoms in total. The summed E-state index contributed by atoms with van der Waals surface area (Å²) in [7, 11) is 0. The third kappa shape index (κ3) is 3.23. The van der Waals surface area contributed by atoms with E-state index in [1.54, 1.807) is 19.1 Å². The number of allylic oxidation sites excluding steroid dienone is 2. The number of aliphatic carboxylic acids is 1. The van der Waals surface area contributed by atoms with Crippen molar-refractivity contribution in [2.45, 2.75) is 39.0 Å². The molecular formula is C19H21N5O4. The number of hydrogen-bond donors (Lipinski definition) is 3. The lowest BCUT2D eigenvalue weighted by molar-refractivity contribution is -0.146. The highest BCUT2D eigenvalue weighted by molar-refractivity contribution is 5.95. The second-order valence-electron chi connectivity index (χ2n) is 7.23. The summed E-state index contributed by atoms with van der Waals surface area (Å²) >= 11 is 0. The van der Waals surface area contributed by atoms with Crippen LogP contribution in [0.25, 0.3) is 5.95 Å². The van der Waals surface area contributed by atoms with E-state index >= 15 is 0 Å². The summed E-state index contributed by atoms with van der Waals surface area (Å²) < 4.78 is 1.39. The van der Waals surface area contributed by atoms with E-state index in [0.717, 1.165) is 18.5 Å². The largest absolute Gasteiger partial charge is 0.481 e. The van der Waals surface area contributed by atoms with Gasteiger partial charge in [0.25, 0.3) is 5.56 Å². The molecule has 2 aromatic heterocycles. The molecule has 0 unspecified atom stereocenters. The summed E-state index contributed by atoms with van der Waals surface area (Å²) in [5.74, 6) is -2.21. The van der Waals surface area contributed by atoms with Crippen LogP contribution in [0.1, 0.15) is 36.2 Å². The van der Waals surface area contributed by atoms with Crippen molar-refractivity contribution >= 4 is 17.7 Å². The predicted octanol–water partition coefficient (Wildman–Crippen LogP) is 1.36. The summed E-state index contributed by atoms with van der Waals surface area (Å²) in [6.45, 7) is 1.76. The van der Waals surface area contributed by atoms with Crippen LogP contribution in [0.2, 0.25) is 0 Å². The van der Waals surface area contributed by atoms with Crippen molar-refractivity contribution in [2.24, 2.45) is 11.8 Å². The number of nitrogens with zero attached hydrogens (tertiary/aromatic N) is 3. The number of carbonyl (C=O) groups is 2. The number of amides is 1. The molecule has 0 aliphatic heterocycles. The Hall–Kier alpha value is -3.23. The molecule has 2 aliphatic rings. The van der Waals surface area contributed by atoms with Gasteiger partial charge in [-0.2, -0.15) is 9.78 Å². The normalized spacial score (nSPS) is 20.8. The molecule has 1 amide bonds. The molecule has 0 saturated carbocycles. The first kappa shape index (κ1) is 18.1. The van der Waals surface area contributed by atoms with Gasteiger partial charge in [0.15, 0.2) is 0 Å². The second kappa shape index (κ2) is 7.06. The Balaban J connectivity index is 1.65. The van der Waals surface area contributed by atoms with Crippen molar-refractivity contribution in [1.29, 1.82) is 0 Å². The van der Waals surface area contributed by atoms with Gasteiger partial charge >= 0.3 is 5.97 Å². The van der Waals surface area contributed by atoms with Gasteiger partial charge in [0.2, 0.25) is 11.9 Å². The molecule has 146 valence electrons. The summed E-state index contributed by atoms with van der Waals surface area (Å²) in [5.41, 5.74) is 1.91. The Morgan fingerprint density at radius 2 is 2.00 bits per heavy atom. The highest BCUT2D eigenvalue weighted by Gasteiger charge is 2.34. The molecule has 3 N–H and O–H groups in total. The molecule has 4 rings (SSSR count). The van der Waals surface area contributed by atoms with E-state index in [2.05, 4.69) is 20.4 Å². The smallest absolute Gasteiger partial charge is 0.307 e. The quantitative estimate of drug-likeness (QED) is 0.684. The van der Waals surface area contributed by atoms with Crippen LogP contribution in [0.5, 0.6) is 0 Å². The molecule has 2 aromatic rings. The van der Waals surface area contributed by atoms with Crippen molar-refractivity contribution in [3.63, 3.8) is 0 Å². The maximum absolute atomic E-state index is 12.8. The Morgan fingerprint density at radius 1 is 1.25 bits per heavy atom. The Labute approximate surface area is 160 Å². The fourth-order valence-corrected chi connectivity index (χ4v) is 3.87. The van der Waals surface area contributed by atoms with Crippen molar-refractivity contribution in [3.05, 3.63) is 45.5 Å². The van der Waals surface area contributed by atoms with Crippen LogP contribution >= 0.6 is 0 Å². The fourth-order valence-electron chi connectivity index (χ4n) is 3.87. The predicted molar refractivity (Wildman–Crippen MR) is 100 cm³/mol. The van der Waals surface area contributed by atoms with Gasteiger partial charge in [-0.25, -0.2) is 4.98 Å². The molecule has 0 spiro atoms. The molecule has 2 aliphatic carbocycles. The van der Waals surface area contributed by atoms with E-state index in [1.165, 1.54) is 4.68 Å². The van der Waals surface area contributed by atoms with E-state index < -0.39 is 17.8 Å². The molecule has 0 fully saturated rings. The molecule has 0 saturated heterocycles. The number of carbonyl (C=O) groups excluding carboxylic acids is 1. The highest BCUT2D eigenvalue weighted by atomic mass is 16.4. The zero-order valence-corrected chi connectivity index (χ0v) is 15.4.